The van der Waals surface area contributed by atoms with Crippen LogP contribution in [0.2, 0.25) is 15.1 Å². The predicted molar refractivity (Wildman–Crippen MR) is 127 cm³/mol. The number of hydrogen-bond donors (Lipinski definition) is 1. The van der Waals surface area contributed by atoms with Crippen molar-refractivity contribution in [2.75, 3.05) is 5.75 Å². The van der Waals surface area contributed by atoms with Gasteiger partial charge < -0.3 is 10.2 Å². The van der Waals surface area contributed by atoms with Gasteiger partial charge in [-0.05, 0) is 62.7 Å². The minimum Gasteiger partial charge on any atom is -0.352 e. The molecular weight excluding hydrogens is 463 g/mol. The van der Waals surface area contributed by atoms with E-state index in [2.05, 4.69) is 5.32 Å². The van der Waals surface area contributed by atoms with E-state index < -0.39 is 6.04 Å². The van der Waals surface area contributed by atoms with Gasteiger partial charge >= 0.3 is 0 Å². The maximum Gasteiger partial charge on any atom is 0.242 e. The van der Waals surface area contributed by atoms with Gasteiger partial charge in [-0.25, -0.2) is 0 Å². The van der Waals surface area contributed by atoms with Crippen molar-refractivity contribution in [1.82, 2.24) is 10.2 Å². The number of rotatable bonds is 9. The van der Waals surface area contributed by atoms with Crippen LogP contribution in [0.3, 0.4) is 0 Å². The Morgan fingerprint density at radius 3 is 2.23 bits per heavy atom. The summed E-state index contributed by atoms with van der Waals surface area (Å²) in [5.74, 6) is 0.270. The molecule has 1 atom stereocenters. The van der Waals surface area contributed by atoms with Gasteiger partial charge in [0, 0.05) is 44.7 Å². The predicted octanol–water partition coefficient (Wildman–Crippen LogP) is 6.07. The Balaban J connectivity index is 2.11. The average molecular weight is 488 g/mol. The van der Waals surface area contributed by atoms with Crippen LogP contribution < -0.4 is 5.32 Å². The lowest BCUT2D eigenvalue weighted by atomic mass is 10.1. The number of amides is 2. The van der Waals surface area contributed by atoms with E-state index in [0.717, 1.165) is 10.5 Å². The van der Waals surface area contributed by atoms with Crippen LogP contribution in [0, 0.1) is 0 Å². The van der Waals surface area contributed by atoms with Crippen LogP contribution in [0.25, 0.3) is 0 Å². The lowest BCUT2D eigenvalue weighted by Gasteiger charge is -2.29. The zero-order valence-corrected chi connectivity index (χ0v) is 20.2. The maximum atomic E-state index is 13.0. The first-order chi connectivity index (χ1) is 14.2. The molecule has 2 rings (SSSR count). The van der Waals surface area contributed by atoms with Crippen LogP contribution in [0.5, 0.6) is 0 Å². The Bertz CT molecular complexity index is 875. The van der Waals surface area contributed by atoms with Crippen molar-refractivity contribution in [2.45, 2.75) is 50.7 Å². The standard InChI is InChI=1S/C22H25Cl3N2O2S/c1-14(2)26-22(29)15(3)27(13-16-4-5-18(24)12-20(16)25)21(28)10-11-30-19-8-6-17(23)7-9-19/h4-9,12,14-15H,10-11,13H2,1-3H3,(H,26,29)/t15-/m1/s1. The normalized spacial score (nSPS) is 12.0. The molecule has 0 aliphatic heterocycles. The van der Waals surface area contributed by atoms with E-state index in [1.807, 2.05) is 38.1 Å². The molecule has 2 aromatic rings. The number of carbonyl (C=O) groups is 2. The molecule has 0 heterocycles. The summed E-state index contributed by atoms with van der Waals surface area (Å²) in [6.45, 7) is 5.73. The second-order valence-corrected chi connectivity index (χ2v) is 9.60. The molecule has 0 saturated heterocycles. The molecule has 1 N–H and O–H groups in total. The largest absolute Gasteiger partial charge is 0.352 e. The number of hydrogen-bond acceptors (Lipinski definition) is 3. The number of halogens is 3. The highest BCUT2D eigenvalue weighted by molar-refractivity contribution is 7.99. The van der Waals surface area contributed by atoms with E-state index in [9.17, 15) is 9.59 Å². The Morgan fingerprint density at radius 1 is 1.00 bits per heavy atom. The minimum atomic E-state index is -0.632. The summed E-state index contributed by atoms with van der Waals surface area (Å²) in [5.41, 5.74) is 0.740. The summed E-state index contributed by atoms with van der Waals surface area (Å²) >= 11 is 19.8. The highest BCUT2D eigenvalue weighted by atomic mass is 35.5. The molecule has 0 aromatic heterocycles. The van der Waals surface area contributed by atoms with Crippen LogP contribution in [-0.2, 0) is 16.1 Å². The van der Waals surface area contributed by atoms with Crippen molar-refractivity contribution in [3.05, 3.63) is 63.1 Å². The second-order valence-electron chi connectivity index (χ2n) is 7.15. The lowest BCUT2D eigenvalue weighted by Crippen LogP contribution is -2.49. The summed E-state index contributed by atoms with van der Waals surface area (Å²) in [7, 11) is 0. The van der Waals surface area contributed by atoms with Gasteiger partial charge in [0.25, 0.3) is 0 Å². The third-order valence-electron chi connectivity index (χ3n) is 4.35. The van der Waals surface area contributed by atoms with E-state index in [4.69, 9.17) is 34.8 Å². The number of nitrogens with zero attached hydrogens (tertiary/aromatic N) is 1. The van der Waals surface area contributed by atoms with E-state index in [-0.39, 0.29) is 30.8 Å². The minimum absolute atomic E-state index is 0.0171. The Labute approximate surface area is 197 Å². The number of thioether (sulfide) groups is 1. The monoisotopic (exact) mass is 486 g/mol. The third kappa shape index (κ3) is 7.69. The molecule has 0 saturated carbocycles. The lowest BCUT2D eigenvalue weighted by molar-refractivity contribution is -0.140. The van der Waals surface area contributed by atoms with Crippen LogP contribution in [0.4, 0.5) is 0 Å². The highest BCUT2D eigenvalue weighted by Crippen LogP contribution is 2.25. The molecule has 8 heteroatoms. The third-order valence-corrected chi connectivity index (χ3v) is 6.20. The number of carbonyl (C=O) groups excluding carboxylic acids is 2. The first kappa shape index (κ1) is 24.9. The quantitative estimate of drug-likeness (QED) is 0.437. The molecule has 30 heavy (non-hydrogen) atoms. The first-order valence-corrected chi connectivity index (χ1v) is 11.7. The highest BCUT2D eigenvalue weighted by Gasteiger charge is 2.26. The SMILES string of the molecule is CC(C)NC(=O)[C@@H](C)N(Cc1ccc(Cl)cc1Cl)C(=O)CCSc1ccc(Cl)cc1. The van der Waals surface area contributed by atoms with Gasteiger partial charge in [-0.2, -0.15) is 0 Å². The Kier molecular flexibility index (Phi) is 9.82. The van der Waals surface area contributed by atoms with Gasteiger partial charge in [0.15, 0.2) is 0 Å². The van der Waals surface area contributed by atoms with Crippen LogP contribution >= 0.6 is 46.6 Å². The topological polar surface area (TPSA) is 49.4 Å². The van der Waals surface area contributed by atoms with Gasteiger partial charge in [0.1, 0.15) is 6.04 Å². The zero-order chi connectivity index (χ0) is 22.3. The molecule has 0 radical (unpaired) electrons. The van der Waals surface area contributed by atoms with Gasteiger partial charge in [0.2, 0.25) is 11.8 Å². The zero-order valence-electron chi connectivity index (χ0n) is 17.1. The summed E-state index contributed by atoms with van der Waals surface area (Å²) in [6, 6.07) is 12.0. The summed E-state index contributed by atoms with van der Waals surface area (Å²) in [6.07, 6.45) is 0.289. The maximum absolute atomic E-state index is 13.0. The molecule has 0 unspecified atom stereocenters. The fraction of sp³-hybridized carbons (Fsp3) is 0.364. The molecule has 2 aromatic carbocycles. The van der Waals surface area contributed by atoms with E-state index >= 15 is 0 Å². The van der Waals surface area contributed by atoms with Crippen molar-refractivity contribution in [2.24, 2.45) is 0 Å². The molecule has 0 fully saturated rings. The van der Waals surface area contributed by atoms with Crippen molar-refractivity contribution in [3.63, 3.8) is 0 Å². The smallest absolute Gasteiger partial charge is 0.242 e. The fourth-order valence-electron chi connectivity index (χ4n) is 2.75. The number of nitrogens with one attached hydrogen (secondary N) is 1. The Morgan fingerprint density at radius 2 is 1.63 bits per heavy atom. The van der Waals surface area contributed by atoms with Crippen molar-refractivity contribution in [3.8, 4) is 0 Å². The Hall–Kier alpha value is -1.40. The van der Waals surface area contributed by atoms with E-state index in [0.29, 0.717) is 20.8 Å². The van der Waals surface area contributed by atoms with Gasteiger partial charge in [-0.15, -0.1) is 11.8 Å². The first-order valence-electron chi connectivity index (χ1n) is 9.59. The van der Waals surface area contributed by atoms with Crippen LogP contribution in [-0.4, -0.2) is 34.6 Å². The fourth-order valence-corrected chi connectivity index (χ4v) is 4.19. The molecular formula is C22H25Cl3N2O2S. The molecule has 2 amide bonds. The second kappa shape index (κ2) is 11.8. The summed E-state index contributed by atoms with van der Waals surface area (Å²) in [5, 5.41) is 4.53. The molecule has 0 bridgehead atoms. The number of benzene rings is 2. The van der Waals surface area contributed by atoms with Gasteiger partial charge in [0.05, 0.1) is 0 Å². The van der Waals surface area contributed by atoms with E-state index in [1.54, 1.807) is 41.8 Å². The van der Waals surface area contributed by atoms with Crippen molar-refractivity contribution >= 4 is 58.4 Å². The van der Waals surface area contributed by atoms with E-state index in [1.165, 1.54) is 0 Å². The van der Waals surface area contributed by atoms with Crippen molar-refractivity contribution < 1.29 is 9.59 Å². The summed E-state index contributed by atoms with van der Waals surface area (Å²) in [4.78, 5) is 28.2. The molecule has 0 aliphatic rings. The molecule has 0 aliphatic carbocycles. The van der Waals surface area contributed by atoms with Crippen molar-refractivity contribution in [1.29, 1.82) is 0 Å². The van der Waals surface area contributed by atoms with Gasteiger partial charge in [-0.1, -0.05) is 40.9 Å². The van der Waals surface area contributed by atoms with Crippen LogP contribution in [0.1, 0.15) is 32.8 Å². The average Bonchev–Trinajstić information content (AvgIpc) is 2.67. The van der Waals surface area contributed by atoms with Gasteiger partial charge in [-0.3, -0.25) is 9.59 Å². The molecule has 162 valence electrons. The molecule has 4 nitrogen and oxygen atoms in total. The van der Waals surface area contributed by atoms with Crippen LogP contribution in [0.15, 0.2) is 47.4 Å². The molecule has 0 spiro atoms. The summed E-state index contributed by atoms with van der Waals surface area (Å²) < 4.78 is 0.